The molecule has 0 saturated carbocycles. The van der Waals surface area contributed by atoms with E-state index in [9.17, 15) is 10.1 Å². The number of hydrogen-bond donors (Lipinski definition) is 1. The van der Waals surface area contributed by atoms with E-state index in [1.165, 1.54) is 6.20 Å². The summed E-state index contributed by atoms with van der Waals surface area (Å²) in [6.45, 7) is 3.10. The number of pyridine rings is 1. The zero-order valence-electron chi connectivity index (χ0n) is 13.0. The molecule has 0 spiro atoms. The van der Waals surface area contributed by atoms with Crippen LogP contribution >= 0.6 is 0 Å². The lowest BCUT2D eigenvalue weighted by Crippen LogP contribution is -2.11. The summed E-state index contributed by atoms with van der Waals surface area (Å²) >= 11 is 0. The van der Waals surface area contributed by atoms with Crippen LogP contribution in [-0.4, -0.2) is 34.5 Å². The quantitative estimate of drug-likeness (QED) is 0.514. The smallest absolute Gasteiger partial charge is 0.342 e. The van der Waals surface area contributed by atoms with Crippen LogP contribution in [0.2, 0.25) is 0 Å². The molecule has 0 atom stereocenters. The van der Waals surface area contributed by atoms with Crippen molar-refractivity contribution in [3.8, 4) is 0 Å². The Balaban J connectivity index is 1.59. The van der Waals surface area contributed by atoms with Gasteiger partial charge < -0.3 is 15.4 Å². The van der Waals surface area contributed by atoms with Crippen LogP contribution < -0.4 is 5.32 Å². The van der Waals surface area contributed by atoms with Crippen molar-refractivity contribution in [2.45, 2.75) is 26.6 Å². The highest BCUT2D eigenvalue weighted by atomic mass is 16.6. The van der Waals surface area contributed by atoms with E-state index in [1.54, 1.807) is 28.6 Å². The number of aromatic nitrogens is 6. The van der Waals surface area contributed by atoms with Crippen LogP contribution in [0, 0.1) is 17.0 Å². The van der Waals surface area contributed by atoms with E-state index < -0.39 is 4.92 Å². The van der Waals surface area contributed by atoms with Crippen molar-refractivity contribution in [3.05, 3.63) is 58.4 Å². The summed E-state index contributed by atoms with van der Waals surface area (Å²) in [6.07, 6.45) is 4.77. The van der Waals surface area contributed by atoms with Crippen LogP contribution in [0.4, 0.5) is 11.6 Å². The van der Waals surface area contributed by atoms with Gasteiger partial charge in [0, 0.05) is 13.1 Å². The number of nitro groups is 1. The first-order valence-corrected chi connectivity index (χ1v) is 7.34. The Morgan fingerprint density at radius 3 is 2.92 bits per heavy atom. The van der Waals surface area contributed by atoms with Gasteiger partial charge in [0.15, 0.2) is 5.82 Å². The molecule has 0 aliphatic carbocycles. The predicted molar refractivity (Wildman–Crippen MR) is 85.2 cm³/mol. The van der Waals surface area contributed by atoms with E-state index in [0.29, 0.717) is 25.5 Å². The second kappa shape index (κ2) is 6.86. The van der Waals surface area contributed by atoms with Gasteiger partial charge >= 0.3 is 5.82 Å². The SMILES string of the molecule is Cc1ncc([N+](=O)[O-])n1CCn1cc(CNc2ccccn2)nn1. The third-order valence-corrected chi connectivity index (χ3v) is 3.48. The number of aryl methyl sites for hydroxylation is 2. The molecule has 1 N–H and O–H groups in total. The summed E-state index contributed by atoms with van der Waals surface area (Å²) in [4.78, 5) is 18.7. The third-order valence-electron chi connectivity index (χ3n) is 3.48. The van der Waals surface area contributed by atoms with E-state index in [0.717, 1.165) is 11.5 Å². The molecular weight excluding hydrogens is 312 g/mol. The fourth-order valence-electron chi connectivity index (χ4n) is 2.26. The average Bonchev–Trinajstić information content (AvgIpc) is 3.18. The molecule has 0 bridgehead atoms. The fraction of sp³-hybridized carbons (Fsp3) is 0.286. The highest BCUT2D eigenvalue weighted by Crippen LogP contribution is 2.13. The summed E-state index contributed by atoms with van der Waals surface area (Å²) in [7, 11) is 0. The molecule has 3 rings (SSSR count). The summed E-state index contributed by atoms with van der Waals surface area (Å²) in [5, 5.41) is 22.2. The van der Waals surface area contributed by atoms with Gasteiger partial charge in [0.1, 0.15) is 24.3 Å². The van der Waals surface area contributed by atoms with Crippen LogP contribution in [0.15, 0.2) is 36.8 Å². The lowest BCUT2D eigenvalue weighted by molar-refractivity contribution is -0.392. The molecule has 0 aliphatic heterocycles. The number of anilines is 1. The van der Waals surface area contributed by atoms with E-state index in [2.05, 4.69) is 25.6 Å². The van der Waals surface area contributed by atoms with Crippen LogP contribution in [-0.2, 0) is 19.6 Å². The summed E-state index contributed by atoms with van der Waals surface area (Å²) < 4.78 is 3.20. The summed E-state index contributed by atoms with van der Waals surface area (Å²) in [5.74, 6) is 1.33. The molecule has 3 heterocycles. The van der Waals surface area contributed by atoms with Crippen molar-refractivity contribution >= 4 is 11.6 Å². The molecule has 10 heteroatoms. The Morgan fingerprint density at radius 1 is 1.29 bits per heavy atom. The molecule has 0 aliphatic rings. The number of nitrogens with one attached hydrogen (secondary N) is 1. The second-order valence-electron chi connectivity index (χ2n) is 5.11. The first-order chi connectivity index (χ1) is 11.6. The molecule has 0 saturated heterocycles. The van der Waals surface area contributed by atoms with Gasteiger partial charge in [-0.15, -0.1) is 5.10 Å². The maximum atomic E-state index is 11.0. The van der Waals surface area contributed by atoms with Crippen molar-refractivity contribution in [2.24, 2.45) is 0 Å². The minimum atomic E-state index is -0.441. The Labute approximate surface area is 137 Å². The highest BCUT2D eigenvalue weighted by Gasteiger charge is 2.17. The van der Waals surface area contributed by atoms with E-state index in [4.69, 9.17) is 0 Å². The van der Waals surface area contributed by atoms with E-state index in [1.807, 2.05) is 18.2 Å². The van der Waals surface area contributed by atoms with Gasteiger partial charge in [-0.1, -0.05) is 11.3 Å². The number of nitrogens with zero attached hydrogens (tertiary/aromatic N) is 7. The van der Waals surface area contributed by atoms with Crippen molar-refractivity contribution < 1.29 is 4.92 Å². The van der Waals surface area contributed by atoms with Gasteiger partial charge in [-0.25, -0.2) is 19.2 Å². The standard InChI is InChI=1S/C14H16N8O2/c1-11-16-9-14(22(23)24)21(11)7-6-20-10-12(18-19-20)8-17-13-4-2-3-5-15-13/h2-5,9-10H,6-8H2,1H3,(H,15,17). The monoisotopic (exact) mass is 328 g/mol. The molecular formula is C14H16N8O2. The largest absolute Gasteiger partial charge is 0.364 e. The molecule has 0 unspecified atom stereocenters. The molecule has 24 heavy (non-hydrogen) atoms. The Bertz CT molecular complexity index is 826. The van der Waals surface area contributed by atoms with Crippen molar-refractivity contribution in [3.63, 3.8) is 0 Å². The molecule has 10 nitrogen and oxygen atoms in total. The topological polar surface area (TPSA) is 117 Å². The summed E-state index contributed by atoms with van der Waals surface area (Å²) in [5.41, 5.74) is 0.762. The predicted octanol–water partition coefficient (Wildman–Crippen LogP) is 1.40. The van der Waals surface area contributed by atoms with Gasteiger partial charge in [0.05, 0.1) is 19.3 Å². The second-order valence-corrected chi connectivity index (χ2v) is 5.11. The molecule has 0 fully saturated rings. The Hall–Kier alpha value is -3.30. The zero-order valence-corrected chi connectivity index (χ0v) is 13.0. The lowest BCUT2D eigenvalue weighted by Gasteiger charge is -2.03. The third kappa shape index (κ3) is 3.54. The minimum Gasteiger partial charge on any atom is -0.364 e. The van der Waals surface area contributed by atoms with Crippen LogP contribution in [0.1, 0.15) is 11.5 Å². The van der Waals surface area contributed by atoms with E-state index >= 15 is 0 Å². The zero-order chi connectivity index (χ0) is 16.9. The van der Waals surface area contributed by atoms with Gasteiger partial charge in [-0.05, 0) is 17.1 Å². The Kier molecular flexibility index (Phi) is 4.45. The Morgan fingerprint density at radius 2 is 2.17 bits per heavy atom. The van der Waals surface area contributed by atoms with Crippen LogP contribution in [0.3, 0.4) is 0 Å². The maximum absolute atomic E-state index is 11.0. The van der Waals surface area contributed by atoms with E-state index in [-0.39, 0.29) is 5.82 Å². The molecule has 124 valence electrons. The molecule has 3 aromatic heterocycles. The highest BCUT2D eigenvalue weighted by molar-refractivity contribution is 5.33. The van der Waals surface area contributed by atoms with Crippen molar-refractivity contribution in [2.75, 3.05) is 5.32 Å². The average molecular weight is 328 g/mol. The first kappa shape index (κ1) is 15.6. The molecule has 0 aromatic carbocycles. The van der Waals surface area contributed by atoms with Gasteiger partial charge in [0.2, 0.25) is 0 Å². The lowest BCUT2D eigenvalue weighted by atomic mass is 10.4. The molecule has 3 aromatic rings. The molecule has 0 amide bonds. The van der Waals surface area contributed by atoms with Gasteiger partial charge in [0.25, 0.3) is 0 Å². The van der Waals surface area contributed by atoms with Crippen LogP contribution in [0.5, 0.6) is 0 Å². The first-order valence-electron chi connectivity index (χ1n) is 7.34. The summed E-state index contributed by atoms with van der Waals surface area (Å²) in [6, 6.07) is 5.61. The van der Waals surface area contributed by atoms with Crippen LogP contribution in [0.25, 0.3) is 0 Å². The number of hydrogen-bond acceptors (Lipinski definition) is 7. The normalized spacial score (nSPS) is 10.7. The van der Waals surface area contributed by atoms with Gasteiger partial charge in [-0.2, -0.15) is 0 Å². The maximum Gasteiger partial charge on any atom is 0.342 e. The molecule has 0 radical (unpaired) electrons. The number of imidazole rings is 1. The van der Waals surface area contributed by atoms with Crippen molar-refractivity contribution in [1.82, 2.24) is 29.5 Å². The fourth-order valence-corrected chi connectivity index (χ4v) is 2.26. The minimum absolute atomic E-state index is 0.0235. The number of rotatable bonds is 7. The van der Waals surface area contributed by atoms with Crippen molar-refractivity contribution in [1.29, 1.82) is 0 Å². The van der Waals surface area contributed by atoms with Gasteiger partial charge in [-0.3, -0.25) is 0 Å².